The topological polar surface area (TPSA) is 86.6 Å². The molecule has 2 aromatic carbocycles. The second-order valence-corrected chi connectivity index (χ2v) is 6.74. The van der Waals surface area contributed by atoms with Gasteiger partial charge in [-0.2, -0.15) is 0 Å². The standard InChI is InChI=1S/C23H24N2O5/c1-3-29-23(28)16(2)30-20-11-7-10-19-18(20)12-13-25(22(19)27)15-21(26)24-14-17-8-5-4-6-9-17/h4-13,16H,3,14-15H2,1-2H3,(H,24,26). The number of esters is 1. The molecule has 1 heterocycles. The third-order valence-electron chi connectivity index (χ3n) is 4.55. The highest BCUT2D eigenvalue weighted by molar-refractivity contribution is 5.88. The third-order valence-corrected chi connectivity index (χ3v) is 4.55. The number of carbonyl (C=O) groups excluding carboxylic acids is 2. The highest BCUT2D eigenvalue weighted by Gasteiger charge is 2.18. The Balaban J connectivity index is 1.75. The molecule has 0 fully saturated rings. The van der Waals surface area contributed by atoms with E-state index in [4.69, 9.17) is 9.47 Å². The Labute approximate surface area is 174 Å². The molecule has 1 amide bonds. The average Bonchev–Trinajstić information content (AvgIpc) is 2.75. The van der Waals surface area contributed by atoms with Crippen molar-refractivity contribution in [1.29, 1.82) is 0 Å². The molecule has 0 bridgehead atoms. The molecule has 30 heavy (non-hydrogen) atoms. The van der Waals surface area contributed by atoms with E-state index in [1.54, 1.807) is 44.3 Å². The maximum absolute atomic E-state index is 12.8. The fraction of sp³-hybridized carbons (Fsp3) is 0.261. The van der Waals surface area contributed by atoms with Crippen LogP contribution in [0, 0.1) is 0 Å². The van der Waals surface area contributed by atoms with E-state index in [0.717, 1.165) is 5.56 Å². The van der Waals surface area contributed by atoms with Gasteiger partial charge in [0.05, 0.1) is 12.0 Å². The van der Waals surface area contributed by atoms with Crippen LogP contribution < -0.4 is 15.6 Å². The lowest BCUT2D eigenvalue weighted by atomic mass is 10.1. The van der Waals surface area contributed by atoms with Gasteiger partial charge in [0.1, 0.15) is 12.3 Å². The quantitative estimate of drug-likeness (QED) is 0.579. The molecule has 0 saturated heterocycles. The van der Waals surface area contributed by atoms with Crippen LogP contribution >= 0.6 is 0 Å². The monoisotopic (exact) mass is 408 g/mol. The van der Waals surface area contributed by atoms with E-state index in [1.807, 2.05) is 30.3 Å². The van der Waals surface area contributed by atoms with Crippen molar-refractivity contribution in [3.63, 3.8) is 0 Å². The predicted molar refractivity (Wildman–Crippen MR) is 113 cm³/mol. The lowest BCUT2D eigenvalue weighted by Crippen LogP contribution is -2.31. The summed E-state index contributed by atoms with van der Waals surface area (Å²) in [6, 6.07) is 16.3. The first kappa shape index (κ1) is 21.1. The summed E-state index contributed by atoms with van der Waals surface area (Å²) in [5, 5.41) is 3.78. The summed E-state index contributed by atoms with van der Waals surface area (Å²) in [5.74, 6) is -0.326. The van der Waals surface area contributed by atoms with Gasteiger partial charge in [0.2, 0.25) is 5.91 Å². The predicted octanol–water partition coefficient (Wildman–Crippen LogP) is 2.65. The van der Waals surface area contributed by atoms with Gasteiger partial charge in [-0.05, 0) is 37.6 Å². The normalized spacial score (nSPS) is 11.7. The Kier molecular flexibility index (Phi) is 6.85. The number of pyridine rings is 1. The first-order valence-electron chi connectivity index (χ1n) is 9.75. The molecule has 1 aromatic heterocycles. The molecule has 1 N–H and O–H groups in total. The van der Waals surface area contributed by atoms with E-state index in [1.165, 1.54) is 4.57 Å². The van der Waals surface area contributed by atoms with Crippen molar-refractivity contribution in [3.8, 4) is 5.75 Å². The summed E-state index contributed by atoms with van der Waals surface area (Å²) >= 11 is 0. The molecule has 0 aliphatic heterocycles. The zero-order valence-electron chi connectivity index (χ0n) is 17.0. The molecular formula is C23H24N2O5. The van der Waals surface area contributed by atoms with Crippen molar-refractivity contribution in [2.45, 2.75) is 33.0 Å². The molecule has 0 spiro atoms. The van der Waals surface area contributed by atoms with Crippen LogP contribution in [-0.2, 0) is 27.4 Å². The van der Waals surface area contributed by atoms with Gasteiger partial charge in [-0.3, -0.25) is 9.59 Å². The Bertz CT molecular complexity index is 1090. The summed E-state index contributed by atoms with van der Waals surface area (Å²) in [6.45, 7) is 3.88. The van der Waals surface area contributed by atoms with Gasteiger partial charge in [0.25, 0.3) is 5.56 Å². The van der Waals surface area contributed by atoms with Crippen LogP contribution in [0.1, 0.15) is 19.4 Å². The minimum atomic E-state index is -0.804. The molecule has 7 heteroatoms. The summed E-state index contributed by atoms with van der Waals surface area (Å²) in [5.41, 5.74) is 0.672. The van der Waals surface area contributed by atoms with Crippen LogP contribution in [0.5, 0.6) is 5.75 Å². The molecule has 0 aliphatic rings. The van der Waals surface area contributed by atoms with E-state index in [9.17, 15) is 14.4 Å². The summed E-state index contributed by atoms with van der Waals surface area (Å²) < 4.78 is 12.0. The van der Waals surface area contributed by atoms with Gasteiger partial charge in [0, 0.05) is 18.1 Å². The number of fused-ring (bicyclic) bond motifs is 1. The maximum atomic E-state index is 12.8. The van der Waals surface area contributed by atoms with Gasteiger partial charge < -0.3 is 19.4 Å². The van der Waals surface area contributed by atoms with Crippen molar-refractivity contribution >= 4 is 22.6 Å². The van der Waals surface area contributed by atoms with Crippen LogP contribution in [0.15, 0.2) is 65.6 Å². The number of nitrogens with one attached hydrogen (secondary N) is 1. The van der Waals surface area contributed by atoms with Crippen molar-refractivity contribution < 1.29 is 19.1 Å². The Morgan fingerprint density at radius 3 is 2.53 bits per heavy atom. The minimum Gasteiger partial charge on any atom is -0.478 e. The smallest absolute Gasteiger partial charge is 0.347 e. The summed E-state index contributed by atoms with van der Waals surface area (Å²) in [6.07, 6.45) is 0.746. The van der Waals surface area contributed by atoms with Gasteiger partial charge in [-0.25, -0.2) is 4.79 Å². The number of benzene rings is 2. The number of hydrogen-bond donors (Lipinski definition) is 1. The molecule has 3 rings (SSSR count). The highest BCUT2D eigenvalue weighted by atomic mass is 16.6. The number of hydrogen-bond acceptors (Lipinski definition) is 5. The second kappa shape index (κ2) is 9.73. The van der Waals surface area contributed by atoms with Crippen LogP contribution in [0.2, 0.25) is 0 Å². The average molecular weight is 408 g/mol. The number of ether oxygens (including phenoxy) is 2. The lowest BCUT2D eigenvalue weighted by molar-refractivity contribution is -0.150. The number of nitrogens with zero attached hydrogens (tertiary/aromatic N) is 1. The second-order valence-electron chi connectivity index (χ2n) is 6.74. The summed E-state index contributed by atoms with van der Waals surface area (Å²) in [4.78, 5) is 37.0. The van der Waals surface area contributed by atoms with Gasteiger partial charge in [-0.15, -0.1) is 0 Å². The molecule has 0 aliphatic carbocycles. The van der Waals surface area contributed by atoms with Gasteiger partial charge in [0.15, 0.2) is 6.10 Å². The maximum Gasteiger partial charge on any atom is 0.347 e. The largest absolute Gasteiger partial charge is 0.478 e. The van der Waals surface area contributed by atoms with E-state index in [0.29, 0.717) is 23.1 Å². The summed E-state index contributed by atoms with van der Waals surface area (Å²) in [7, 11) is 0. The number of aromatic nitrogens is 1. The van der Waals surface area contributed by atoms with E-state index in [2.05, 4.69) is 5.32 Å². The van der Waals surface area contributed by atoms with Crippen LogP contribution in [0.3, 0.4) is 0 Å². The number of rotatable bonds is 8. The van der Waals surface area contributed by atoms with Crippen molar-refractivity contribution in [1.82, 2.24) is 9.88 Å². The first-order chi connectivity index (χ1) is 14.5. The van der Waals surface area contributed by atoms with Crippen molar-refractivity contribution in [2.24, 2.45) is 0 Å². The van der Waals surface area contributed by atoms with Crippen LogP contribution in [-0.4, -0.2) is 29.2 Å². The molecular weight excluding hydrogens is 384 g/mol. The highest BCUT2D eigenvalue weighted by Crippen LogP contribution is 2.24. The fourth-order valence-corrected chi connectivity index (χ4v) is 3.02. The Morgan fingerprint density at radius 1 is 1.03 bits per heavy atom. The van der Waals surface area contributed by atoms with Gasteiger partial charge in [-0.1, -0.05) is 36.4 Å². The van der Waals surface area contributed by atoms with E-state index >= 15 is 0 Å². The molecule has 0 saturated carbocycles. The zero-order valence-corrected chi connectivity index (χ0v) is 17.0. The molecule has 1 unspecified atom stereocenters. The molecule has 1 atom stereocenters. The van der Waals surface area contributed by atoms with Crippen LogP contribution in [0.25, 0.3) is 10.8 Å². The third kappa shape index (κ3) is 5.05. The fourth-order valence-electron chi connectivity index (χ4n) is 3.02. The SMILES string of the molecule is CCOC(=O)C(C)Oc1cccc2c(=O)n(CC(=O)NCc3ccccc3)ccc12. The number of carbonyl (C=O) groups is 2. The molecule has 0 radical (unpaired) electrons. The minimum absolute atomic E-state index is 0.0913. The molecule has 3 aromatic rings. The molecule has 7 nitrogen and oxygen atoms in total. The Hall–Kier alpha value is -3.61. The first-order valence-corrected chi connectivity index (χ1v) is 9.75. The van der Waals surface area contributed by atoms with E-state index in [-0.39, 0.29) is 24.6 Å². The molecule has 156 valence electrons. The van der Waals surface area contributed by atoms with Gasteiger partial charge >= 0.3 is 5.97 Å². The lowest BCUT2D eigenvalue weighted by Gasteiger charge is -2.15. The van der Waals surface area contributed by atoms with Crippen LogP contribution in [0.4, 0.5) is 0 Å². The Morgan fingerprint density at radius 2 is 1.80 bits per heavy atom. The zero-order chi connectivity index (χ0) is 21.5. The van der Waals surface area contributed by atoms with Crippen molar-refractivity contribution in [3.05, 3.63) is 76.7 Å². The van der Waals surface area contributed by atoms with Crippen molar-refractivity contribution in [2.75, 3.05) is 6.61 Å². The van der Waals surface area contributed by atoms with E-state index < -0.39 is 12.1 Å². The number of amides is 1.